The third-order valence-electron chi connectivity index (χ3n) is 3.96. The topological polar surface area (TPSA) is 98.2 Å². The molecule has 0 spiro atoms. The second kappa shape index (κ2) is 9.76. The van der Waals surface area contributed by atoms with E-state index in [0.717, 1.165) is 19.4 Å². The number of amides is 2. The van der Waals surface area contributed by atoms with Crippen molar-refractivity contribution >= 4 is 17.5 Å². The highest BCUT2D eigenvalue weighted by molar-refractivity contribution is 6.01. The number of hydrazone groups is 1. The van der Waals surface area contributed by atoms with Crippen molar-refractivity contribution in [2.45, 2.75) is 32.3 Å². The third-order valence-corrected chi connectivity index (χ3v) is 3.96. The molecule has 1 aliphatic heterocycles. The molecular formula is C18H25N3O5. The van der Waals surface area contributed by atoms with E-state index in [9.17, 15) is 9.59 Å². The number of hydrogen-bond acceptors (Lipinski definition) is 6. The molecule has 1 atom stereocenters. The minimum Gasteiger partial charge on any atom is -0.493 e. The number of methoxy groups -OCH3 is 2. The standard InChI is InChI=1S/C18H25N3O5/c1-12(9-17(22)19-11-14-5-4-8-26-14)20-21-18(23)13-6-7-15(24-2)16(10-13)25-3/h6-7,10,14H,4-5,8-9,11H2,1-3H3,(H,19,22)(H,21,23)/b20-12+. The first-order valence-corrected chi connectivity index (χ1v) is 8.47. The smallest absolute Gasteiger partial charge is 0.271 e. The summed E-state index contributed by atoms with van der Waals surface area (Å²) in [5.41, 5.74) is 3.32. The van der Waals surface area contributed by atoms with Gasteiger partial charge in [0.05, 0.1) is 26.7 Å². The summed E-state index contributed by atoms with van der Waals surface area (Å²) in [6.07, 6.45) is 2.21. The minimum atomic E-state index is -0.398. The number of nitrogens with zero attached hydrogens (tertiary/aromatic N) is 1. The van der Waals surface area contributed by atoms with Gasteiger partial charge < -0.3 is 19.5 Å². The van der Waals surface area contributed by atoms with Crippen molar-refractivity contribution in [3.05, 3.63) is 23.8 Å². The molecule has 1 heterocycles. The average molecular weight is 363 g/mol. The Morgan fingerprint density at radius 3 is 2.69 bits per heavy atom. The molecule has 1 fully saturated rings. The fourth-order valence-electron chi connectivity index (χ4n) is 2.56. The number of ether oxygens (including phenoxy) is 3. The highest BCUT2D eigenvalue weighted by atomic mass is 16.5. The van der Waals surface area contributed by atoms with Crippen molar-refractivity contribution in [3.8, 4) is 11.5 Å². The van der Waals surface area contributed by atoms with Gasteiger partial charge in [-0.3, -0.25) is 9.59 Å². The van der Waals surface area contributed by atoms with Crippen LogP contribution < -0.4 is 20.2 Å². The maximum atomic E-state index is 12.2. The van der Waals surface area contributed by atoms with Gasteiger partial charge in [0, 0.05) is 24.4 Å². The van der Waals surface area contributed by atoms with Crippen LogP contribution in [0.3, 0.4) is 0 Å². The van der Waals surface area contributed by atoms with E-state index in [4.69, 9.17) is 14.2 Å². The maximum Gasteiger partial charge on any atom is 0.271 e. The van der Waals surface area contributed by atoms with Crippen LogP contribution in [0.5, 0.6) is 11.5 Å². The molecule has 1 unspecified atom stereocenters. The Kier molecular flexibility index (Phi) is 7.40. The summed E-state index contributed by atoms with van der Waals surface area (Å²) in [7, 11) is 3.02. The Balaban J connectivity index is 1.83. The maximum absolute atomic E-state index is 12.2. The van der Waals surface area contributed by atoms with Gasteiger partial charge in [0.25, 0.3) is 5.91 Å². The fourth-order valence-corrected chi connectivity index (χ4v) is 2.56. The first-order chi connectivity index (χ1) is 12.5. The third kappa shape index (κ3) is 5.73. The van der Waals surface area contributed by atoms with Gasteiger partial charge in [-0.15, -0.1) is 0 Å². The summed E-state index contributed by atoms with van der Waals surface area (Å²) in [5, 5.41) is 6.79. The summed E-state index contributed by atoms with van der Waals surface area (Å²) >= 11 is 0. The molecule has 26 heavy (non-hydrogen) atoms. The second-order valence-corrected chi connectivity index (χ2v) is 5.97. The highest BCUT2D eigenvalue weighted by Gasteiger charge is 2.16. The first kappa shape index (κ1) is 19.7. The molecule has 0 aromatic heterocycles. The van der Waals surface area contributed by atoms with Gasteiger partial charge >= 0.3 is 0 Å². The molecule has 0 saturated carbocycles. The van der Waals surface area contributed by atoms with Crippen molar-refractivity contribution in [2.75, 3.05) is 27.4 Å². The number of benzene rings is 1. The van der Waals surface area contributed by atoms with Gasteiger partial charge in [0.15, 0.2) is 11.5 Å². The number of hydrogen-bond donors (Lipinski definition) is 2. The number of rotatable bonds is 8. The predicted octanol–water partition coefficient (Wildman–Crippen LogP) is 1.49. The van der Waals surface area contributed by atoms with Crippen LogP contribution in [0.4, 0.5) is 0 Å². The highest BCUT2D eigenvalue weighted by Crippen LogP contribution is 2.27. The molecule has 1 saturated heterocycles. The molecule has 142 valence electrons. The lowest BCUT2D eigenvalue weighted by Gasteiger charge is -2.11. The molecule has 1 aromatic rings. The van der Waals surface area contributed by atoms with E-state index in [1.807, 2.05) is 0 Å². The van der Waals surface area contributed by atoms with Crippen molar-refractivity contribution in [1.29, 1.82) is 0 Å². The molecular weight excluding hydrogens is 338 g/mol. The van der Waals surface area contributed by atoms with E-state index >= 15 is 0 Å². The van der Waals surface area contributed by atoms with Crippen LogP contribution in [-0.4, -0.2) is 51.0 Å². The quantitative estimate of drug-likeness (QED) is 0.539. The monoisotopic (exact) mass is 363 g/mol. The Labute approximate surface area is 152 Å². The summed E-state index contributed by atoms with van der Waals surface area (Å²) in [4.78, 5) is 24.1. The summed E-state index contributed by atoms with van der Waals surface area (Å²) in [5.74, 6) is 0.438. The van der Waals surface area contributed by atoms with Crippen LogP contribution in [0, 0.1) is 0 Å². The molecule has 0 bridgehead atoms. The van der Waals surface area contributed by atoms with E-state index in [1.54, 1.807) is 25.1 Å². The number of nitrogens with one attached hydrogen (secondary N) is 2. The van der Waals surface area contributed by atoms with Gasteiger partial charge in [-0.05, 0) is 38.0 Å². The lowest BCUT2D eigenvalue weighted by molar-refractivity contribution is -0.120. The fraction of sp³-hybridized carbons (Fsp3) is 0.500. The van der Waals surface area contributed by atoms with E-state index in [0.29, 0.717) is 29.3 Å². The van der Waals surface area contributed by atoms with Gasteiger partial charge in [0.1, 0.15) is 0 Å². The first-order valence-electron chi connectivity index (χ1n) is 8.47. The second-order valence-electron chi connectivity index (χ2n) is 5.97. The minimum absolute atomic E-state index is 0.0981. The summed E-state index contributed by atoms with van der Waals surface area (Å²) < 4.78 is 15.8. The molecule has 2 amide bonds. The molecule has 0 radical (unpaired) electrons. The van der Waals surface area contributed by atoms with Gasteiger partial charge in [0.2, 0.25) is 5.91 Å². The lowest BCUT2D eigenvalue weighted by atomic mass is 10.2. The zero-order valence-corrected chi connectivity index (χ0v) is 15.3. The van der Waals surface area contributed by atoms with Crippen molar-refractivity contribution in [3.63, 3.8) is 0 Å². The van der Waals surface area contributed by atoms with E-state index in [1.165, 1.54) is 14.2 Å². The molecule has 2 N–H and O–H groups in total. The zero-order chi connectivity index (χ0) is 18.9. The largest absolute Gasteiger partial charge is 0.493 e. The van der Waals surface area contributed by atoms with E-state index < -0.39 is 5.91 Å². The van der Waals surface area contributed by atoms with E-state index in [-0.39, 0.29) is 18.4 Å². The lowest BCUT2D eigenvalue weighted by Crippen LogP contribution is -2.33. The Morgan fingerprint density at radius 1 is 1.27 bits per heavy atom. The molecule has 2 rings (SSSR count). The molecule has 8 heteroatoms. The molecule has 1 aliphatic rings. The van der Waals surface area contributed by atoms with Crippen molar-refractivity contribution in [1.82, 2.24) is 10.7 Å². The van der Waals surface area contributed by atoms with Crippen LogP contribution in [0.25, 0.3) is 0 Å². The average Bonchev–Trinajstić information content (AvgIpc) is 3.17. The van der Waals surface area contributed by atoms with E-state index in [2.05, 4.69) is 15.8 Å². The number of carbonyl (C=O) groups is 2. The van der Waals surface area contributed by atoms with Crippen molar-refractivity contribution < 1.29 is 23.8 Å². The summed E-state index contributed by atoms with van der Waals surface area (Å²) in [6, 6.07) is 4.81. The molecule has 1 aromatic carbocycles. The molecule has 8 nitrogen and oxygen atoms in total. The van der Waals surface area contributed by atoms with Crippen LogP contribution >= 0.6 is 0 Å². The van der Waals surface area contributed by atoms with Crippen LogP contribution in [-0.2, 0) is 9.53 Å². The number of carbonyl (C=O) groups excluding carboxylic acids is 2. The van der Waals surface area contributed by atoms with Crippen molar-refractivity contribution in [2.24, 2.45) is 5.10 Å². The summed E-state index contributed by atoms with van der Waals surface area (Å²) in [6.45, 7) is 2.94. The SMILES string of the molecule is COc1ccc(C(=O)N/N=C(\C)CC(=O)NCC2CCCO2)cc1OC. The van der Waals surface area contributed by atoms with Crippen LogP contribution in [0.1, 0.15) is 36.5 Å². The van der Waals surface area contributed by atoms with Crippen LogP contribution in [0.15, 0.2) is 23.3 Å². The van der Waals surface area contributed by atoms with Gasteiger partial charge in [-0.25, -0.2) is 5.43 Å². The Morgan fingerprint density at radius 2 is 2.04 bits per heavy atom. The Hall–Kier alpha value is -2.61. The predicted molar refractivity (Wildman–Crippen MR) is 96.7 cm³/mol. The van der Waals surface area contributed by atoms with Gasteiger partial charge in [-0.2, -0.15) is 5.10 Å². The Bertz CT molecular complexity index is 669. The van der Waals surface area contributed by atoms with Crippen LogP contribution in [0.2, 0.25) is 0 Å². The van der Waals surface area contributed by atoms with Gasteiger partial charge in [-0.1, -0.05) is 0 Å². The normalized spacial score (nSPS) is 16.9. The molecule has 0 aliphatic carbocycles. The zero-order valence-electron chi connectivity index (χ0n) is 15.3.